The maximum absolute atomic E-state index is 10.7. The van der Waals surface area contributed by atoms with Crippen LogP contribution >= 0.6 is 0 Å². The quantitative estimate of drug-likeness (QED) is 0.601. The average Bonchev–Trinajstić information content (AvgIpc) is 1.99. The lowest BCUT2D eigenvalue weighted by Gasteiger charge is -1.95. The Hall–Kier alpha value is -1.19. The molecule has 0 saturated carbocycles. The van der Waals surface area contributed by atoms with E-state index in [4.69, 9.17) is 5.11 Å². The van der Waals surface area contributed by atoms with E-state index < -0.39 is 12.4 Å². The number of carboxylic acids is 1. The minimum Gasteiger partial charge on any atom is -0.481 e. The largest absolute Gasteiger partial charge is 0.481 e. The van der Waals surface area contributed by atoms with Gasteiger partial charge in [0.1, 0.15) is 18.0 Å². The molecule has 0 radical (unpaired) electrons. The van der Waals surface area contributed by atoms with Gasteiger partial charge in [0.2, 0.25) is 0 Å². The molecule has 4 heteroatoms. The summed E-state index contributed by atoms with van der Waals surface area (Å²) in [5, 5.41) is 8.20. The van der Waals surface area contributed by atoms with Crippen LogP contribution in [0.3, 0.4) is 0 Å². The molecule has 68 valence electrons. The summed E-state index contributed by atoms with van der Waals surface area (Å²) in [7, 11) is 0. The number of carboxylic acid groups (broad SMARTS) is 1. The Morgan fingerprint density at radius 1 is 1.08 bits per heavy atom. The summed E-state index contributed by atoms with van der Waals surface area (Å²) in [4.78, 5) is 31.5. The van der Waals surface area contributed by atoms with Crippen molar-refractivity contribution >= 4 is 17.5 Å². The second-order valence-corrected chi connectivity index (χ2v) is 2.50. The van der Waals surface area contributed by atoms with E-state index in [2.05, 4.69) is 0 Å². The van der Waals surface area contributed by atoms with Crippen molar-refractivity contribution in [1.82, 2.24) is 0 Å². The summed E-state index contributed by atoms with van der Waals surface area (Å²) < 4.78 is 0. The number of aliphatic carboxylic acids is 1. The molecule has 0 rings (SSSR count). The third kappa shape index (κ3) is 5.58. The highest BCUT2D eigenvalue weighted by Gasteiger charge is 2.08. The summed E-state index contributed by atoms with van der Waals surface area (Å²) in [6.07, 6.45) is 0.152. The van der Waals surface area contributed by atoms with E-state index in [1.165, 1.54) is 0 Å². The topological polar surface area (TPSA) is 71.4 Å². The molecule has 0 amide bonds. The zero-order valence-corrected chi connectivity index (χ0v) is 7.00. The van der Waals surface area contributed by atoms with Crippen LogP contribution < -0.4 is 0 Å². The molecule has 0 fully saturated rings. The van der Waals surface area contributed by atoms with Gasteiger partial charge < -0.3 is 5.11 Å². The lowest BCUT2D eigenvalue weighted by molar-refractivity contribution is -0.140. The number of Topliss-reactive ketones (excluding diaryl/α,β-unsaturated/α-hetero) is 2. The van der Waals surface area contributed by atoms with E-state index in [0.29, 0.717) is 6.42 Å². The zero-order valence-electron chi connectivity index (χ0n) is 7.00. The summed E-state index contributed by atoms with van der Waals surface area (Å²) in [6.45, 7) is 1.71. The highest BCUT2D eigenvalue weighted by atomic mass is 16.4. The SMILES string of the molecule is CCC(=O)CCC(=O)CC(=O)O. The van der Waals surface area contributed by atoms with E-state index in [1.807, 2.05) is 0 Å². The molecule has 0 spiro atoms. The third-order valence-electron chi connectivity index (χ3n) is 1.43. The Bertz CT molecular complexity index is 195. The van der Waals surface area contributed by atoms with Crippen molar-refractivity contribution in [2.75, 3.05) is 0 Å². The molecule has 0 heterocycles. The van der Waals surface area contributed by atoms with Gasteiger partial charge in [-0.3, -0.25) is 14.4 Å². The van der Waals surface area contributed by atoms with Crippen molar-refractivity contribution in [2.45, 2.75) is 32.6 Å². The second kappa shape index (κ2) is 5.46. The van der Waals surface area contributed by atoms with Crippen LogP contribution in [0.1, 0.15) is 32.6 Å². The predicted octanol–water partition coefficient (Wildman–Crippen LogP) is 0.789. The first-order valence-electron chi connectivity index (χ1n) is 3.81. The van der Waals surface area contributed by atoms with Gasteiger partial charge in [-0.25, -0.2) is 0 Å². The number of carbonyl (C=O) groups excluding carboxylic acids is 2. The van der Waals surface area contributed by atoms with E-state index >= 15 is 0 Å². The summed E-state index contributed by atoms with van der Waals surface area (Å²) >= 11 is 0. The molecular weight excluding hydrogens is 160 g/mol. The van der Waals surface area contributed by atoms with Crippen LogP contribution in [0.4, 0.5) is 0 Å². The monoisotopic (exact) mass is 172 g/mol. The Morgan fingerprint density at radius 3 is 2.00 bits per heavy atom. The number of ketones is 2. The van der Waals surface area contributed by atoms with Gasteiger partial charge in [0.05, 0.1) is 0 Å². The average molecular weight is 172 g/mol. The molecule has 0 aromatic carbocycles. The molecule has 0 saturated heterocycles. The summed E-state index contributed by atoms with van der Waals surface area (Å²) in [6, 6.07) is 0. The maximum atomic E-state index is 10.7. The molecular formula is C8H12O4. The highest BCUT2D eigenvalue weighted by molar-refractivity contribution is 5.96. The smallest absolute Gasteiger partial charge is 0.310 e. The van der Waals surface area contributed by atoms with Crippen LogP contribution in [0, 0.1) is 0 Å². The van der Waals surface area contributed by atoms with Crippen molar-refractivity contribution in [3.05, 3.63) is 0 Å². The van der Waals surface area contributed by atoms with Gasteiger partial charge in [-0.2, -0.15) is 0 Å². The van der Waals surface area contributed by atoms with E-state index in [0.717, 1.165) is 0 Å². The number of hydrogen-bond acceptors (Lipinski definition) is 3. The van der Waals surface area contributed by atoms with Crippen LogP contribution in [0.2, 0.25) is 0 Å². The number of hydrogen-bond donors (Lipinski definition) is 1. The lowest BCUT2D eigenvalue weighted by atomic mass is 10.1. The Morgan fingerprint density at radius 2 is 1.58 bits per heavy atom. The van der Waals surface area contributed by atoms with Gasteiger partial charge in [-0.15, -0.1) is 0 Å². The Kier molecular flexibility index (Phi) is 4.92. The fraction of sp³-hybridized carbons (Fsp3) is 0.625. The molecule has 1 N–H and O–H groups in total. The fourth-order valence-electron chi connectivity index (χ4n) is 0.713. The van der Waals surface area contributed by atoms with Crippen molar-refractivity contribution in [2.24, 2.45) is 0 Å². The van der Waals surface area contributed by atoms with Crippen molar-refractivity contribution in [1.29, 1.82) is 0 Å². The third-order valence-corrected chi connectivity index (χ3v) is 1.43. The standard InChI is InChI=1S/C8H12O4/c1-2-6(9)3-4-7(10)5-8(11)12/h2-5H2,1H3,(H,11,12). The van der Waals surface area contributed by atoms with Crippen molar-refractivity contribution < 1.29 is 19.5 Å². The van der Waals surface area contributed by atoms with Crippen LogP contribution in [-0.4, -0.2) is 22.6 Å². The zero-order chi connectivity index (χ0) is 9.56. The Labute approximate surface area is 70.6 Å². The van der Waals surface area contributed by atoms with Gasteiger partial charge in [-0.05, 0) is 0 Å². The van der Waals surface area contributed by atoms with E-state index in [-0.39, 0.29) is 24.4 Å². The number of carbonyl (C=O) groups is 3. The predicted molar refractivity (Wildman–Crippen MR) is 41.8 cm³/mol. The summed E-state index contributed by atoms with van der Waals surface area (Å²) in [5.41, 5.74) is 0. The molecule has 0 atom stereocenters. The fourth-order valence-corrected chi connectivity index (χ4v) is 0.713. The van der Waals surface area contributed by atoms with Gasteiger partial charge >= 0.3 is 5.97 Å². The Balaban J connectivity index is 3.57. The first-order chi connectivity index (χ1) is 5.56. The first kappa shape index (κ1) is 10.8. The van der Waals surface area contributed by atoms with E-state index in [1.54, 1.807) is 6.92 Å². The van der Waals surface area contributed by atoms with Gasteiger partial charge in [0.15, 0.2) is 0 Å². The molecule has 0 aliphatic heterocycles. The minimum atomic E-state index is -1.14. The van der Waals surface area contributed by atoms with Crippen LogP contribution in [0.5, 0.6) is 0 Å². The normalized spacial score (nSPS) is 9.42. The molecule has 12 heavy (non-hydrogen) atoms. The molecule has 0 unspecified atom stereocenters. The second-order valence-electron chi connectivity index (χ2n) is 2.50. The molecule has 0 aliphatic carbocycles. The minimum absolute atomic E-state index is 0.00580. The molecule has 4 nitrogen and oxygen atoms in total. The van der Waals surface area contributed by atoms with Crippen LogP contribution in [0.15, 0.2) is 0 Å². The lowest BCUT2D eigenvalue weighted by Crippen LogP contribution is -2.08. The number of rotatable bonds is 6. The first-order valence-corrected chi connectivity index (χ1v) is 3.81. The summed E-state index contributed by atoms with van der Waals surface area (Å²) in [5.74, 6) is -1.53. The highest BCUT2D eigenvalue weighted by Crippen LogP contribution is 1.98. The van der Waals surface area contributed by atoms with Crippen molar-refractivity contribution in [3.8, 4) is 0 Å². The van der Waals surface area contributed by atoms with Crippen LogP contribution in [0.25, 0.3) is 0 Å². The molecule has 0 aromatic heterocycles. The van der Waals surface area contributed by atoms with E-state index in [9.17, 15) is 14.4 Å². The molecule has 0 bridgehead atoms. The maximum Gasteiger partial charge on any atom is 0.310 e. The van der Waals surface area contributed by atoms with Gasteiger partial charge in [0.25, 0.3) is 0 Å². The van der Waals surface area contributed by atoms with Crippen molar-refractivity contribution in [3.63, 3.8) is 0 Å². The molecule has 0 aliphatic rings. The molecule has 0 aromatic rings. The van der Waals surface area contributed by atoms with Crippen LogP contribution in [-0.2, 0) is 14.4 Å². The van der Waals surface area contributed by atoms with Gasteiger partial charge in [0, 0.05) is 19.3 Å². The van der Waals surface area contributed by atoms with Gasteiger partial charge in [-0.1, -0.05) is 6.92 Å².